The summed E-state index contributed by atoms with van der Waals surface area (Å²) in [6, 6.07) is 11.9. The van der Waals surface area contributed by atoms with E-state index in [2.05, 4.69) is 24.7 Å². The molecule has 0 saturated heterocycles. The summed E-state index contributed by atoms with van der Waals surface area (Å²) < 4.78 is 56.9. The average Bonchev–Trinajstić information content (AvgIpc) is 2.71. The summed E-state index contributed by atoms with van der Waals surface area (Å²) in [5, 5.41) is 5.81. The molecule has 0 heterocycles. The minimum absolute atomic E-state index is 0.0700. The van der Waals surface area contributed by atoms with E-state index >= 15 is 0 Å². The summed E-state index contributed by atoms with van der Waals surface area (Å²) in [5.41, 5.74) is 6.28. The van der Waals surface area contributed by atoms with Crippen molar-refractivity contribution in [1.29, 1.82) is 0 Å². The highest BCUT2D eigenvalue weighted by Crippen LogP contribution is 2.16. The molecule has 0 atom stereocenters. The van der Waals surface area contributed by atoms with Crippen LogP contribution in [0.25, 0.3) is 0 Å². The fourth-order valence-corrected chi connectivity index (χ4v) is 3.49. The number of hydrogen-bond acceptors (Lipinski definition) is 9. The molecule has 170 valence electrons. The maximum atomic E-state index is 11.9. The molecule has 11 heteroatoms. The van der Waals surface area contributed by atoms with Crippen molar-refractivity contribution in [1.82, 2.24) is 10.6 Å². The molecule has 0 spiro atoms. The second kappa shape index (κ2) is 14.2. The molecule has 4 N–H and O–H groups in total. The third kappa shape index (κ3) is 10.3. The Bertz CT molecular complexity index is 852. The van der Waals surface area contributed by atoms with E-state index in [9.17, 15) is 16.8 Å². The number of hydrogen-bond donors (Lipinski definition) is 3. The highest BCUT2D eigenvalue weighted by atomic mass is 32.2. The Morgan fingerprint density at radius 2 is 1.00 bits per heavy atom. The molecule has 0 aliphatic rings. The van der Waals surface area contributed by atoms with Gasteiger partial charge in [-0.3, -0.25) is 0 Å². The van der Waals surface area contributed by atoms with E-state index in [1.807, 2.05) is 27.9 Å². The third-order valence-corrected chi connectivity index (χ3v) is 5.89. The molecule has 30 heavy (non-hydrogen) atoms. The van der Waals surface area contributed by atoms with E-state index in [1.54, 1.807) is 24.3 Å². The molecule has 2 aromatic rings. The maximum Gasteiger partial charge on any atom is 0.299 e. The summed E-state index contributed by atoms with van der Waals surface area (Å²) in [7, 11) is -2.86. The van der Waals surface area contributed by atoms with Gasteiger partial charge >= 0.3 is 0 Å². The zero-order valence-corrected chi connectivity index (χ0v) is 19.5. The van der Waals surface area contributed by atoms with Crippen LogP contribution in [0.2, 0.25) is 0 Å². The molecular weight excluding hydrogens is 430 g/mol. The monoisotopic (exact) mass is 461 g/mol. The van der Waals surface area contributed by atoms with Crippen molar-refractivity contribution in [2.75, 3.05) is 34.6 Å². The van der Waals surface area contributed by atoms with Crippen molar-refractivity contribution in [2.24, 2.45) is 5.73 Å². The molecule has 2 rings (SSSR count). The smallest absolute Gasteiger partial charge is 0.299 e. The fraction of sp³-hybridized carbons (Fsp3) is 0.368. The van der Waals surface area contributed by atoms with Gasteiger partial charge in [0.15, 0.2) is 6.79 Å². The molecule has 9 nitrogen and oxygen atoms in total. The Morgan fingerprint density at radius 1 is 0.700 bits per heavy atom. The van der Waals surface area contributed by atoms with Crippen LogP contribution in [0.4, 0.5) is 0 Å². The predicted molar refractivity (Wildman–Crippen MR) is 117 cm³/mol. The number of nitrogens with one attached hydrogen (secondary N) is 2. The van der Waals surface area contributed by atoms with Crippen molar-refractivity contribution in [3.8, 4) is 0 Å². The molecular formula is C19H31N3O6S2. The Hall–Kier alpha value is -1.86. The molecule has 0 radical (unpaired) electrons. The van der Waals surface area contributed by atoms with Crippen molar-refractivity contribution in [2.45, 2.75) is 23.6 Å². The van der Waals surface area contributed by atoms with Crippen LogP contribution >= 0.6 is 0 Å². The molecule has 0 bridgehead atoms. The Labute approximate surface area is 179 Å². The molecule has 0 fully saturated rings. The maximum absolute atomic E-state index is 11.9. The minimum atomic E-state index is -4.08. The van der Waals surface area contributed by atoms with Gasteiger partial charge in [-0.1, -0.05) is 35.4 Å². The first-order chi connectivity index (χ1) is 14.1. The van der Waals surface area contributed by atoms with Gasteiger partial charge in [0, 0.05) is 6.67 Å². The molecule has 2 aromatic carbocycles. The number of rotatable bonds is 8. The number of nitrogens with two attached hydrogens (primary N) is 1. The number of benzene rings is 2. The van der Waals surface area contributed by atoms with E-state index in [-0.39, 0.29) is 9.79 Å². The summed E-state index contributed by atoms with van der Waals surface area (Å²) in [5.74, 6) is 0. The van der Waals surface area contributed by atoms with Gasteiger partial charge in [0.1, 0.15) is 0 Å². The first kappa shape index (κ1) is 28.1. The van der Waals surface area contributed by atoms with Crippen LogP contribution in [0.5, 0.6) is 0 Å². The predicted octanol–water partition coefficient (Wildman–Crippen LogP) is 1.33. The van der Waals surface area contributed by atoms with Gasteiger partial charge in [-0.25, -0.2) is 8.37 Å². The van der Waals surface area contributed by atoms with Gasteiger partial charge in [0.05, 0.1) is 9.79 Å². The molecule has 0 saturated carbocycles. The summed E-state index contributed by atoms with van der Waals surface area (Å²) >= 11 is 0. The van der Waals surface area contributed by atoms with Gasteiger partial charge in [0.25, 0.3) is 20.2 Å². The Balaban J connectivity index is 0.00000105. The van der Waals surface area contributed by atoms with Crippen LogP contribution in [0.15, 0.2) is 58.3 Å². The molecule has 0 unspecified atom stereocenters. The van der Waals surface area contributed by atoms with Gasteiger partial charge in [0.2, 0.25) is 0 Å². The largest absolute Gasteiger partial charge is 0.333 e. The van der Waals surface area contributed by atoms with Crippen LogP contribution in [0, 0.1) is 13.8 Å². The first-order valence-electron chi connectivity index (χ1n) is 8.91. The fourth-order valence-electron chi connectivity index (χ4n) is 1.87. The topological polar surface area (TPSA) is 137 Å². The standard InChI is InChI=1S/C15H16O6S2.C3H10N2.CH5N/c1-12-3-7-14(8-4-12)22(16,17)20-11-21-23(18,19)15-9-5-13(2)6-10-15;1-4-3-5-2;1-2/h3-10H,11H2,1-2H3;4-5H,3H2,1-2H3;2H2,1H3. The second-order valence-corrected chi connectivity index (χ2v) is 9.00. The lowest BCUT2D eigenvalue weighted by Crippen LogP contribution is -2.21. The van der Waals surface area contributed by atoms with Crippen molar-refractivity contribution < 1.29 is 25.2 Å². The van der Waals surface area contributed by atoms with Crippen molar-refractivity contribution in [3.63, 3.8) is 0 Å². The molecule has 0 aliphatic heterocycles. The molecule has 0 aromatic heterocycles. The molecule has 0 aliphatic carbocycles. The van der Waals surface area contributed by atoms with Crippen molar-refractivity contribution in [3.05, 3.63) is 59.7 Å². The SMILES string of the molecule is CN.CNCNC.Cc1ccc(S(=O)(=O)OCOS(=O)(=O)c2ccc(C)cc2)cc1. The van der Waals surface area contributed by atoms with E-state index in [4.69, 9.17) is 0 Å². The van der Waals surface area contributed by atoms with Crippen molar-refractivity contribution >= 4 is 20.2 Å². The second-order valence-electron chi connectivity index (χ2n) is 5.77. The van der Waals surface area contributed by atoms with E-state index in [0.717, 1.165) is 17.8 Å². The minimum Gasteiger partial charge on any atom is -0.333 e. The van der Waals surface area contributed by atoms with Crippen LogP contribution < -0.4 is 16.4 Å². The van der Waals surface area contributed by atoms with Crippen LogP contribution in [0.3, 0.4) is 0 Å². The van der Waals surface area contributed by atoms with Gasteiger partial charge < -0.3 is 16.4 Å². The quantitative estimate of drug-likeness (QED) is 0.393. The van der Waals surface area contributed by atoms with Gasteiger partial charge in [-0.2, -0.15) is 16.8 Å². The highest BCUT2D eigenvalue weighted by molar-refractivity contribution is 7.87. The zero-order chi connectivity index (χ0) is 23.2. The normalized spacial score (nSPS) is 11.0. The summed E-state index contributed by atoms with van der Waals surface area (Å²) in [6.45, 7) is 3.59. The average molecular weight is 462 g/mol. The van der Waals surface area contributed by atoms with Gasteiger partial charge in [-0.15, -0.1) is 0 Å². The lowest BCUT2D eigenvalue weighted by molar-refractivity contribution is 0.132. The lowest BCUT2D eigenvalue weighted by Gasteiger charge is -2.07. The van der Waals surface area contributed by atoms with E-state index in [0.29, 0.717) is 0 Å². The number of aryl methyl sites for hydroxylation is 2. The first-order valence-corrected chi connectivity index (χ1v) is 11.7. The van der Waals surface area contributed by atoms with E-state index < -0.39 is 27.0 Å². The van der Waals surface area contributed by atoms with E-state index in [1.165, 1.54) is 31.3 Å². The van der Waals surface area contributed by atoms with Crippen LogP contribution in [-0.4, -0.2) is 51.4 Å². The van der Waals surface area contributed by atoms with Crippen LogP contribution in [-0.2, 0) is 28.6 Å². The Kier molecular flexibility index (Phi) is 13.3. The summed E-state index contributed by atoms with van der Waals surface area (Å²) in [6.07, 6.45) is 0. The molecule has 0 amide bonds. The third-order valence-electron chi connectivity index (χ3n) is 3.38. The summed E-state index contributed by atoms with van der Waals surface area (Å²) in [4.78, 5) is -0.140. The lowest BCUT2D eigenvalue weighted by atomic mass is 10.2. The zero-order valence-electron chi connectivity index (χ0n) is 17.9. The Morgan fingerprint density at radius 3 is 1.23 bits per heavy atom. The highest BCUT2D eigenvalue weighted by Gasteiger charge is 2.19. The van der Waals surface area contributed by atoms with Gasteiger partial charge in [-0.05, 0) is 59.3 Å². The van der Waals surface area contributed by atoms with Crippen LogP contribution in [0.1, 0.15) is 11.1 Å².